The van der Waals surface area contributed by atoms with Crippen molar-refractivity contribution in [3.63, 3.8) is 0 Å². The number of hydrogen-bond donors (Lipinski definition) is 1. The van der Waals surface area contributed by atoms with E-state index in [1.807, 2.05) is 6.08 Å². The molecular formula is C12H22N2O. The number of primary amides is 1. The van der Waals surface area contributed by atoms with Crippen LogP contribution in [0.5, 0.6) is 0 Å². The van der Waals surface area contributed by atoms with Crippen molar-refractivity contribution < 1.29 is 4.79 Å². The van der Waals surface area contributed by atoms with E-state index in [2.05, 4.69) is 18.7 Å². The van der Waals surface area contributed by atoms with Crippen molar-refractivity contribution in [1.29, 1.82) is 0 Å². The number of carbonyl (C=O) groups is 1. The normalized spacial score (nSPS) is 21.0. The lowest BCUT2D eigenvalue weighted by Gasteiger charge is -2.35. The maximum absolute atomic E-state index is 10.7. The minimum atomic E-state index is -0.349. The van der Waals surface area contributed by atoms with Gasteiger partial charge in [0.15, 0.2) is 0 Å². The van der Waals surface area contributed by atoms with E-state index >= 15 is 0 Å². The molecule has 0 aromatic rings. The summed E-state index contributed by atoms with van der Waals surface area (Å²) in [7, 11) is 0. The van der Waals surface area contributed by atoms with Crippen molar-refractivity contribution in [2.45, 2.75) is 39.2 Å². The summed E-state index contributed by atoms with van der Waals surface area (Å²) in [6.45, 7) is 6.66. The Balaban J connectivity index is 2.59. The quantitative estimate of drug-likeness (QED) is 0.715. The van der Waals surface area contributed by atoms with Crippen LogP contribution in [0.25, 0.3) is 0 Å². The SMILES string of the molecule is CC(C)C(C=CC(N)=O)N1CCCCC1. The van der Waals surface area contributed by atoms with Gasteiger partial charge >= 0.3 is 0 Å². The van der Waals surface area contributed by atoms with Crippen LogP contribution in [0, 0.1) is 5.92 Å². The lowest BCUT2D eigenvalue weighted by atomic mass is 9.99. The third kappa shape index (κ3) is 4.04. The zero-order chi connectivity index (χ0) is 11.3. The van der Waals surface area contributed by atoms with Crippen LogP contribution in [-0.2, 0) is 4.79 Å². The first-order chi connectivity index (χ1) is 7.11. The van der Waals surface area contributed by atoms with Crippen molar-refractivity contribution in [3.05, 3.63) is 12.2 Å². The number of nitrogens with zero attached hydrogens (tertiary/aromatic N) is 1. The van der Waals surface area contributed by atoms with Crippen molar-refractivity contribution in [2.24, 2.45) is 11.7 Å². The van der Waals surface area contributed by atoms with Crippen LogP contribution >= 0.6 is 0 Å². The molecule has 1 saturated heterocycles. The van der Waals surface area contributed by atoms with E-state index in [0.29, 0.717) is 12.0 Å². The average Bonchev–Trinajstić information content (AvgIpc) is 2.18. The lowest BCUT2D eigenvalue weighted by Crippen LogP contribution is -2.41. The van der Waals surface area contributed by atoms with Gasteiger partial charge in [-0.1, -0.05) is 26.3 Å². The summed E-state index contributed by atoms with van der Waals surface area (Å²) in [4.78, 5) is 13.2. The summed E-state index contributed by atoms with van der Waals surface area (Å²) in [6, 6.07) is 0.359. The maximum Gasteiger partial charge on any atom is 0.241 e. The van der Waals surface area contributed by atoms with Crippen LogP contribution in [0.2, 0.25) is 0 Å². The summed E-state index contributed by atoms with van der Waals surface area (Å²) < 4.78 is 0. The van der Waals surface area contributed by atoms with Gasteiger partial charge < -0.3 is 5.73 Å². The van der Waals surface area contributed by atoms with E-state index < -0.39 is 0 Å². The minimum absolute atomic E-state index is 0.349. The summed E-state index contributed by atoms with van der Waals surface area (Å²) in [6.07, 6.45) is 7.33. The van der Waals surface area contributed by atoms with E-state index in [-0.39, 0.29) is 5.91 Å². The molecule has 0 saturated carbocycles. The predicted octanol–water partition coefficient (Wildman–Crippen LogP) is 1.54. The Labute approximate surface area is 92.3 Å². The Morgan fingerprint density at radius 1 is 1.27 bits per heavy atom. The zero-order valence-corrected chi connectivity index (χ0v) is 9.78. The molecule has 2 N–H and O–H groups in total. The Bertz CT molecular complexity index is 230. The largest absolute Gasteiger partial charge is 0.366 e. The molecule has 0 bridgehead atoms. The molecule has 3 nitrogen and oxygen atoms in total. The highest BCUT2D eigenvalue weighted by atomic mass is 16.1. The molecule has 0 radical (unpaired) electrons. The van der Waals surface area contributed by atoms with Crippen molar-refractivity contribution in [3.8, 4) is 0 Å². The number of rotatable bonds is 4. The van der Waals surface area contributed by atoms with Gasteiger partial charge in [-0.25, -0.2) is 0 Å². The number of likely N-dealkylation sites (tertiary alicyclic amines) is 1. The summed E-state index contributed by atoms with van der Waals surface area (Å²) in [5.41, 5.74) is 5.13. The Hall–Kier alpha value is -0.830. The van der Waals surface area contributed by atoms with Crippen LogP contribution in [0.1, 0.15) is 33.1 Å². The highest BCUT2D eigenvalue weighted by Gasteiger charge is 2.20. The molecule has 1 heterocycles. The van der Waals surface area contributed by atoms with Crippen molar-refractivity contribution >= 4 is 5.91 Å². The highest BCUT2D eigenvalue weighted by molar-refractivity contribution is 5.85. The number of nitrogens with two attached hydrogens (primary N) is 1. The summed E-state index contributed by atoms with van der Waals surface area (Å²) in [5.74, 6) is 0.177. The van der Waals surface area contributed by atoms with Gasteiger partial charge in [-0.3, -0.25) is 9.69 Å². The van der Waals surface area contributed by atoms with Gasteiger partial charge in [0.2, 0.25) is 5.91 Å². The van der Waals surface area contributed by atoms with Gasteiger partial charge in [-0.05, 0) is 31.8 Å². The predicted molar refractivity (Wildman–Crippen MR) is 62.4 cm³/mol. The van der Waals surface area contributed by atoms with Crippen LogP contribution < -0.4 is 5.73 Å². The molecule has 1 atom stereocenters. The van der Waals surface area contributed by atoms with E-state index in [1.54, 1.807) is 0 Å². The number of carbonyl (C=O) groups excluding carboxylic acids is 1. The summed E-state index contributed by atoms with van der Waals surface area (Å²) in [5, 5.41) is 0. The van der Waals surface area contributed by atoms with Crippen molar-refractivity contribution in [2.75, 3.05) is 13.1 Å². The first-order valence-corrected chi connectivity index (χ1v) is 5.83. The van der Waals surface area contributed by atoms with Crippen LogP contribution in [0.3, 0.4) is 0 Å². The molecule has 3 heteroatoms. The second-order valence-corrected chi connectivity index (χ2v) is 4.59. The standard InChI is InChI=1S/C12H22N2O/c1-10(2)11(6-7-12(13)15)14-8-4-3-5-9-14/h6-7,10-11H,3-5,8-9H2,1-2H3,(H2,13,15). The fourth-order valence-electron chi connectivity index (χ4n) is 2.18. The van der Waals surface area contributed by atoms with E-state index in [4.69, 9.17) is 5.73 Å². The first kappa shape index (κ1) is 12.2. The minimum Gasteiger partial charge on any atom is -0.366 e. The molecule has 86 valence electrons. The molecular weight excluding hydrogens is 188 g/mol. The number of piperidine rings is 1. The maximum atomic E-state index is 10.7. The Morgan fingerprint density at radius 3 is 2.33 bits per heavy atom. The van der Waals surface area contributed by atoms with Gasteiger partial charge in [0.25, 0.3) is 0 Å². The smallest absolute Gasteiger partial charge is 0.241 e. The first-order valence-electron chi connectivity index (χ1n) is 5.83. The molecule has 0 spiro atoms. The summed E-state index contributed by atoms with van der Waals surface area (Å²) >= 11 is 0. The molecule has 0 aliphatic carbocycles. The van der Waals surface area contributed by atoms with Crippen LogP contribution in [-0.4, -0.2) is 29.9 Å². The molecule has 15 heavy (non-hydrogen) atoms. The van der Waals surface area contributed by atoms with Crippen LogP contribution in [0.15, 0.2) is 12.2 Å². The third-order valence-electron chi connectivity index (χ3n) is 2.95. The fourth-order valence-corrected chi connectivity index (χ4v) is 2.18. The van der Waals surface area contributed by atoms with Gasteiger partial charge in [0.05, 0.1) is 0 Å². The van der Waals surface area contributed by atoms with Gasteiger partial charge in [0, 0.05) is 12.1 Å². The number of amides is 1. The fraction of sp³-hybridized carbons (Fsp3) is 0.750. The lowest BCUT2D eigenvalue weighted by molar-refractivity contribution is -0.113. The monoisotopic (exact) mass is 210 g/mol. The van der Waals surface area contributed by atoms with E-state index in [1.165, 1.54) is 25.3 Å². The third-order valence-corrected chi connectivity index (χ3v) is 2.95. The molecule has 0 aromatic heterocycles. The molecule has 1 aliphatic rings. The highest BCUT2D eigenvalue weighted by Crippen LogP contribution is 2.18. The molecule has 1 aliphatic heterocycles. The Morgan fingerprint density at radius 2 is 1.87 bits per heavy atom. The average molecular weight is 210 g/mol. The number of hydrogen-bond acceptors (Lipinski definition) is 2. The molecule has 0 aromatic carbocycles. The van der Waals surface area contributed by atoms with Crippen molar-refractivity contribution in [1.82, 2.24) is 4.90 Å². The van der Waals surface area contributed by atoms with E-state index in [9.17, 15) is 4.79 Å². The van der Waals surface area contributed by atoms with E-state index in [0.717, 1.165) is 13.1 Å². The second-order valence-electron chi connectivity index (χ2n) is 4.59. The second kappa shape index (κ2) is 5.91. The van der Waals surface area contributed by atoms with Crippen LogP contribution in [0.4, 0.5) is 0 Å². The molecule has 1 rings (SSSR count). The van der Waals surface area contributed by atoms with Gasteiger partial charge in [-0.2, -0.15) is 0 Å². The molecule has 1 amide bonds. The Kier molecular flexibility index (Phi) is 4.82. The molecule has 1 fully saturated rings. The van der Waals surface area contributed by atoms with Gasteiger partial charge in [-0.15, -0.1) is 0 Å². The molecule has 1 unspecified atom stereocenters. The van der Waals surface area contributed by atoms with Gasteiger partial charge in [0.1, 0.15) is 0 Å². The zero-order valence-electron chi connectivity index (χ0n) is 9.78. The topological polar surface area (TPSA) is 46.3 Å².